The second-order valence-corrected chi connectivity index (χ2v) is 5.31. The van der Waals surface area contributed by atoms with Crippen LogP contribution < -0.4 is 5.32 Å². The number of anilines is 1. The first kappa shape index (κ1) is 16.0. The molecule has 0 saturated carbocycles. The highest BCUT2D eigenvalue weighted by atomic mass is 16.5. The van der Waals surface area contributed by atoms with Gasteiger partial charge in [0.25, 0.3) is 0 Å². The number of nitrogens with zero attached hydrogens (tertiary/aromatic N) is 2. The normalized spacial score (nSPS) is 15.8. The fourth-order valence-electron chi connectivity index (χ4n) is 2.56. The van der Waals surface area contributed by atoms with E-state index in [2.05, 4.69) is 5.32 Å². The van der Waals surface area contributed by atoms with E-state index in [0.29, 0.717) is 37.2 Å². The van der Waals surface area contributed by atoms with Crippen molar-refractivity contribution in [2.45, 2.75) is 12.8 Å². The lowest BCUT2D eigenvalue weighted by atomic mass is 9.97. The van der Waals surface area contributed by atoms with Crippen LogP contribution in [-0.4, -0.2) is 43.5 Å². The van der Waals surface area contributed by atoms with Crippen molar-refractivity contribution in [3.05, 3.63) is 29.8 Å². The van der Waals surface area contributed by atoms with Crippen LogP contribution in [0.25, 0.3) is 0 Å². The van der Waals surface area contributed by atoms with E-state index in [9.17, 15) is 9.59 Å². The lowest BCUT2D eigenvalue weighted by molar-refractivity contribution is -0.147. The van der Waals surface area contributed by atoms with Gasteiger partial charge in [0, 0.05) is 5.69 Å². The number of nitriles is 1. The zero-order valence-electron chi connectivity index (χ0n) is 12.5. The number of ether oxygens (including phenoxy) is 1. The van der Waals surface area contributed by atoms with E-state index < -0.39 is 0 Å². The average molecular weight is 301 g/mol. The van der Waals surface area contributed by atoms with E-state index >= 15 is 0 Å². The number of carbonyl (C=O) groups excluding carboxylic acids is 2. The Labute approximate surface area is 129 Å². The van der Waals surface area contributed by atoms with Crippen LogP contribution in [0.1, 0.15) is 18.4 Å². The molecule has 6 heteroatoms. The molecular formula is C16H19N3O3. The van der Waals surface area contributed by atoms with Gasteiger partial charge in [-0.05, 0) is 44.1 Å². The molecule has 1 aliphatic heterocycles. The van der Waals surface area contributed by atoms with Crippen LogP contribution >= 0.6 is 0 Å². The molecule has 0 bridgehead atoms. The highest BCUT2D eigenvalue weighted by molar-refractivity contribution is 5.92. The Bertz CT molecular complexity index is 587. The van der Waals surface area contributed by atoms with Crippen LogP contribution in [0.4, 0.5) is 5.69 Å². The van der Waals surface area contributed by atoms with Crippen molar-refractivity contribution in [3.8, 4) is 6.07 Å². The first-order valence-electron chi connectivity index (χ1n) is 7.22. The predicted molar refractivity (Wildman–Crippen MR) is 81.0 cm³/mol. The molecule has 1 amide bonds. The first-order valence-corrected chi connectivity index (χ1v) is 7.22. The maximum absolute atomic E-state index is 12.0. The van der Waals surface area contributed by atoms with Gasteiger partial charge >= 0.3 is 5.97 Å². The molecule has 1 saturated heterocycles. The maximum Gasteiger partial charge on any atom is 0.308 e. The number of nitrogens with one attached hydrogen (secondary N) is 1. The number of methoxy groups -OCH3 is 1. The molecule has 0 atom stereocenters. The highest BCUT2D eigenvalue weighted by Crippen LogP contribution is 2.18. The largest absolute Gasteiger partial charge is 0.469 e. The van der Waals surface area contributed by atoms with E-state index in [1.54, 1.807) is 24.3 Å². The van der Waals surface area contributed by atoms with Crippen LogP contribution in [0, 0.1) is 17.2 Å². The van der Waals surface area contributed by atoms with E-state index in [1.807, 2.05) is 11.0 Å². The summed E-state index contributed by atoms with van der Waals surface area (Å²) >= 11 is 0. The molecule has 1 aromatic carbocycles. The van der Waals surface area contributed by atoms with Crippen LogP contribution in [-0.2, 0) is 14.3 Å². The molecule has 0 unspecified atom stereocenters. The quantitative estimate of drug-likeness (QED) is 0.850. The highest BCUT2D eigenvalue weighted by Gasteiger charge is 2.26. The third-order valence-corrected chi connectivity index (χ3v) is 3.76. The van der Waals surface area contributed by atoms with Crippen LogP contribution in [0.3, 0.4) is 0 Å². The fourth-order valence-corrected chi connectivity index (χ4v) is 2.56. The first-order chi connectivity index (χ1) is 10.6. The van der Waals surface area contributed by atoms with Gasteiger partial charge in [-0.2, -0.15) is 5.26 Å². The third-order valence-electron chi connectivity index (χ3n) is 3.76. The maximum atomic E-state index is 12.0. The number of esters is 1. The zero-order chi connectivity index (χ0) is 15.9. The summed E-state index contributed by atoms with van der Waals surface area (Å²) in [5.41, 5.74) is 1.13. The molecular weight excluding hydrogens is 282 g/mol. The number of piperidine rings is 1. The van der Waals surface area contributed by atoms with Crippen LogP contribution in [0.2, 0.25) is 0 Å². The minimum absolute atomic E-state index is 0.0587. The summed E-state index contributed by atoms with van der Waals surface area (Å²) in [6, 6.07) is 8.85. The van der Waals surface area contributed by atoms with Gasteiger partial charge in [-0.15, -0.1) is 0 Å². The van der Waals surface area contributed by atoms with Gasteiger partial charge < -0.3 is 10.1 Å². The Hall–Kier alpha value is -2.39. The smallest absolute Gasteiger partial charge is 0.308 e. The SMILES string of the molecule is COC(=O)C1CCN(CC(=O)Nc2cccc(C#N)c2)CC1. The summed E-state index contributed by atoms with van der Waals surface area (Å²) in [6.07, 6.45) is 1.42. The van der Waals surface area contributed by atoms with E-state index in [1.165, 1.54) is 7.11 Å². The monoisotopic (exact) mass is 301 g/mol. The van der Waals surface area contributed by atoms with E-state index in [-0.39, 0.29) is 24.3 Å². The Morgan fingerprint density at radius 2 is 2.14 bits per heavy atom. The molecule has 0 radical (unpaired) electrons. The van der Waals surface area contributed by atoms with Crippen molar-refractivity contribution >= 4 is 17.6 Å². The number of amides is 1. The molecule has 0 spiro atoms. The molecule has 22 heavy (non-hydrogen) atoms. The summed E-state index contributed by atoms with van der Waals surface area (Å²) in [5.74, 6) is -0.347. The van der Waals surface area contributed by atoms with E-state index in [0.717, 1.165) is 0 Å². The van der Waals surface area contributed by atoms with Crippen LogP contribution in [0.15, 0.2) is 24.3 Å². The molecule has 0 aliphatic carbocycles. The van der Waals surface area contributed by atoms with Crippen LogP contribution in [0.5, 0.6) is 0 Å². The fraction of sp³-hybridized carbons (Fsp3) is 0.438. The number of likely N-dealkylation sites (tertiary alicyclic amines) is 1. The van der Waals surface area contributed by atoms with Gasteiger partial charge in [-0.25, -0.2) is 0 Å². The predicted octanol–water partition coefficient (Wildman–Crippen LogP) is 1.38. The van der Waals surface area contributed by atoms with Gasteiger partial charge in [-0.1, -0.05) is 6.07 Å². The van der Waals surface area contributed by atoms with E-state index in [4.69, 9.17) is 10.00 Å². The number of carbonyl (C=O) groups is 2. The van der Waals surface area contributed by atoms with Gasteiger partial charge in [0.2, 0.25) is 5.91 Å². The standard InChI is InChI=1S/C16H19N3O3/c1-22-16(21)13-5-7-19(8-6-13)11-15(20)18-14-4-2-3-12(9-14)10-17/h2-4,9,13H,5-8,11H2,1H3,(H,18,20). The van der Waals surface area contributed by atoms with Gasteiger partial charge in [0.1, 0.15) is 0 Å². The Morgan fingerprint density at radius 1 is 1.41 bits per heavy atom. The van der Waals surface area contributed by atoms with Crippen molar-refractivity contribution in [1.29, 1.82) is 5.26 Å². The second kappa shape index (κ2) is 7.57. The van der Waals surface area contributed by atoms with Crippen molar-refractivity contribution in [2.24, 2.45) is 5.92 Å². The summed E-state index contributed by atoms with van der Waals surface area (Å²) in [5, 5.41) is 11.6. The van der Waals surface area contributed by atoms with Crippen molar-refractivity contribution in [1.82, 2.24) is 4.90 Å². The lowest BCUT2D eigenvalue weighted by Gasteiger charge is -2.29. The van der Waals surface area contributed by atoms with Gasteiger partial charge in [0.05, 0.1) is 31.2 Å². The Balaban J connectivity index is 1.81. The molecule has 1 aromatic rings. The molecule has 1 fully saturated rings. The molecule has 116 valence electrons. The Morgan fingerprint density at radius 3 is 2.77 bits per heavy atom. The van der Waals surface area contributed by atoms with Gasteiger partial charge in [-0.3, -0.25) is 14.5 Å². The topological polar surface area (TPSA) is 82.4 Å². The number of benzene rings is 1. The minimum atomic E-state index is -0.169. The molecule has 1 aliphatic rings. The van der Waals surface area contributed by atoms with Crippen molar-refractivity contribution < 1.29 is 14.3 Å². The average Bonchev–Trinajstić information content (AvgIpc) is 2.55. The van der Waals surface area contributed by atoms with Gasteiger partial charge in [0.15, 0.2) is 0 Å². The second-order valence-electron chi connectivity index (χ2n) is 5.31. The minimum Gasteiger partial charge on any atom is -0.469 e. The van der Waals surface area contributed by atoms with Crippen molar-refractivity contribution in [3.63, 3.8) is 0 Å². The number of hydrogen-bond acceptors (Lipinski definition) is 5. The Kier molecular flexibility index (Phi) is 5.50. The zero-order valence-corrected chi connectivity index (χ0v) is 12.5. The summed E-state index contributed by atoms with van der Waals surface area (Å²) in [7, 11) is 1.40. The third kappa shape index (κ3) is 4.30. The summed E-state index contributed by atoms with van der Waals surface area (Å²) in [4.78, 5) is 25.5. The van der Waals surface area contributed by atoms with Crippen molar-refractivity contribution in [2.75, 3.05) is 32.1 Å². The summed E-state index contributed by atoms with van der Waals surface area (Å²) in [6.45, 7) is 1.68. The molecule has 2 rings (SSSR count). The lowest BCUT2D eigenvalue weighted by Crippen LogP contribution is -2.41. The number of hydrogen-bond donors (Lipinski definition) is 1. The summed E-state index contributed by atoms with van der Waals surface area (Å²) < 4.78 is 4.74. The molecule has 1 N–H and O–H groups in total. The molecule has 1 heterocycles. The molecule has 6 nitrogen and oxygen atoms in total. The molecule has 0 aromatic heterocycles. The number of rotatable bonds is 4.